The molecule has 1 saturated carbocycles. The second-order valence-corrected chi connectivity index (χ2v) is 6.84. The Labute approximate surface area is 131 Å². The Hall–Kier alpha value is -1.68. The highest BCUT2D eigenvalue weighted by Crippen LogP contribution is 2.28. The Kier molecular flexibility index (Phi) is 4.30. The molecule has 2 fully saturated rings. The molecule has 2 aliphatic rings. The van der Waals surface area contributed by atoms with E-state index in [4.69, 9.17) is 0 Å². The summed E-state index contributed by atoms with van der Waals surface area (Å²) in [6.07, 6.45) is 3.98. The summed E-state index contributed by atoms with van der Waals surface area (Å²) in [5.41, 5.74) is 0.693. The van der Waals surface area contributed by atoms with Crippen molar-refractivity contribution in [2.45, 2.75) is 51.6 Å². The molecule has 4 heteroatoms. The molecule has 1 saturated heterocycles. The van der Waals surface area contributed by atoms with Crippen molar-refractivity contribution in [1.82, 2.24) is 0 Å². The summed E-state index contributed by atoms with van der Waals surface area (Å²) in [5.74, 6) is 1.17. The minimum Gasteiger partial charge on any atom is -0.333 e. The number of imide groups is 1. The van der Waals surface area contributed by atoms with Crippen molar-refractivity contribution in [3.8, 4) is 0 Å². The highest BCUT2D eigenvalue weighted by molar-refractivity contribution is 6.21. The van der Waals surface area contributed by atoms with E-state index in [0.717, 1.165) is 6.42 Å². The van der Waals surface area contributed by atoms with E-state index >= 15 is 0 Å². The molecule has 0 spiro atoms. The number of amides is 2. The number of carbonyl (C=O) groups is 2. The Morgan fingerprint density at radius 1 is 1.09 bits per heavy atom. The standard InChI is InChI=1S/C18H24N2O2/c1-12-7-6-10-15(13(12)2)19-16-11-17(21)20(18(16)22)14-8-4-3-5-9-14/h3-5,8-9,12-13,15-16,19H,6-7,10-11H2,1-2H3/p+1/t12-,13+,15-,16+/m0/s1. The summed E-state index contributed by atoms with van der Waals surface area (Å²) in [7, 11) is 0. The lowest BCUT2D eigenvalue weighted by Gasteiger charge is -2.33. The van der Waals surface area contributed by atoms with Gasteiger partial charge in [0.1, 0.15) is 0 Å². The molecule has 0 radical (unpaired) electrons. The fraction of sp³-hybridized carbons (Fsp3) is 0.556. The third kappa shape index (κ3) is 2.80. The number of quaternary nitrogens is 1. The van der Waals surface area contributed by atoms with Gasteiger partial charge < -0.3 is 5.32 Å². The van der Waals surface area contributed by atoms with Crippen molar-refractivity contribution in [2.75, 3.05) is 4.90 Å². The normalized spacial score (nSPS) is 32.5. The molecule has 118 valence electrons. The summed E-state index contributed by atoms with van der Waals surface area (Å²) in [4.78, 5) is 26.3. The average molecular weight is 301 g/mol. The number of carbonyl (C=O) groups excluding carboxylic acids is 2. The summed E-state index contributed by atoms with van der Waals surface area (Å²) in [5, 5.41) is 2.17. The lowest BCUT2D eigenvalue weighted by Crippen LogP contribution is -2.97. The third-order valence-electron chi connectivity index (χ3n) is 5.45. The zero-order chi connectivity index (χ0) is 15.7. The SMILES string of the molecule is C[C@H]1[C@@H]([NH2+][C@@H]2CC(=O)N(c3ccccc3)C2=O)CCC[C@@H]1C. The number of para-hydroxylation sites is 1. The van der Waals surface area contributed by atoms with Crippen molar-refractivity contribution in [3.05, 3.63) is 30.3 Å². The van der Waals surface area contributed by atoms with Crippen LogP contribution in [0.5, 0.6) is 0 Å². The topological polar surface area (TPSA) is 54.0 Å². The Morgan fingerprint density at radius 3 is 2.55 bits per heavy atom. The fourth-order valence-corrected chi connectivity index (χ4v) is 3.85. The molecule has 0 unspecified atom stereocenters. The molecule has 0 bridgehead atoms. The van der Waals surface area contributed by atoms with Gasteiger partial charge in [0, 0.05) is 5.92 Å². The monoisotopic (exact) mass is 301 g/mol. The molecule has 1 aliphatic carbocycles. The first-order chi connectivity index (χ1) is 10.6. The molecule has 2 amide bonds. The van der Waals surface area contributed by atoms with E-state index < -0.39 is 0 Å². The van der Waals surface area contributed by atoms with Gasteiger partial charge in [-0.15, -0.1) is 0 Å². The Balaban J connectivity index is 1.72. The maximum Gasteiger partial charge on any atom is 0.292 e. The smallest absolute Gasteiger partial charge is 0.292 e. The number of benzene rings is 1. The second-order valence-electron chi connectivity index (χ2n) is 6.84. The molecule has 1 aliphatic heterocycles. The van der Waals surface area contributed by atoms with Crippen LogP contribution in [0.2, 0.25) is 0 Å². The molecule has 1 aromatic rings. The molecule has 4 nitrogen and oxygen atoms in total. The van der Waals surface area contributed by atoms with Crippen LogP contribution in [0.1, 0.15) is 39.5 Å². The number of anilines is 1. The van der Waals surface area contributed by atoms with Crippen LogP contribution in [0.25, 0.3) is 0 Å². The van der Waals surface area contributed by atoms with Crippen molar-refractivity contribution >= 4 is 17.5 Å². The van der Waals surface area contributed by atoms with Gasteiger partial charge in [-0.3, -0.25) is 9.59 Å². The van der Waals surface area contributed by atoms with Crippen LogP contribution in [0.15, 0.2) is 30.3 Å². The lowest BCUT2D eigenvalue weighted by molar-refractivity contribution is -0.716. The summed E-state index contributed by atoms with van der Waals surface area (Å²) in [6.45, 7) is 4.57. The van der Waals surface area contributed by atoms with Gasteiger partial charge in [-0.1, -0.05) is 32.0 Å². The fourth-order valence-electron chi connectivity index (χ4n) is 3.85. The quantitative estimate of drug-likeness (QED) is 0.864. The zero-order valence-electron chi connectivity index (χ0n) is 13.4. The van der Waals surface area contributed by atoms with Crippen LogP contribution in [0.3, 0.4) is 0 Å². The van der Waals surface area contributed by atoms with Crippen molar-refractivity contribution in [2.24, 2.45) is 11.8 Å². The van der Waals surface area contributed by atoms with E-state index in [9.17, 15) is 9.59 Å². The summed E-state index contributed by atoms with van der Waals surface area (Å²) in [6, 6.07) is 9.47. The number of nitrogens with two attached hydrogens (primary N) is 1. The summed E-state index contributed by atoms with van der Waals surface area (Å²) >= 11 is 0. The van der Waals surface area contributed by atoms with E-state index in [1.54, 1.807) is 0 Å². The van der Waals surface area contributed by atoms with Gasteiger partial charge in [0.15, 0.2) is 6.04 Å². The Bertz CT molecular complexity index is 557. The van der Waals surface area contributed by atoms with E-state index in [2.05, 4.69) is 19.2 Å². The van der Waals surface area contributed by atoms with Crippen molar-refractivity contribution in [1.29, 1.82) is 0 Å². The molecule has 22 heavy (non-hydrogen) atoms. The number of hydrogen-bond donors (Lipinski definition) is 1. The molecule has 1 aromatic carbocycles. The zero-order valence-corrected chi connectivity index (χ0v) is 13.4. The molecule has 3 rings (SSSR count). The van der Waals surface area contributed by atoms with Crippen LogP contribution >= 0.6 is 0 Å². The molecular weight excluding hydrogens is 276 g/mol. The van der Waals surface area contributed by atoms with Gasteiger partial charge in [-0.2, -0.15) is 0 Å². The van der Waals surface area contributed by atoms with Gasteiger partial charge in [-0.05, 0) is 37.3 Å². The maximum atomic E-state index is 12.7. The molecule has 1 heterocycles. The van der Waals surface area contributed by atoms with Crippen LogP contribution in [0.4, 0.5) is 5.69 Å². The molecular formula is C18H25N2O2+. The van der Waals surface area contributed by atoms with Gasteiger partial charge in [0.2, 0.25) is 5.91 Å². The molecule has 2 N–H and O–H groups in total. The predicted molar refractivity (Wildman–Crippen MR) is 85.2 cm³/mol. The average Bonchev–Trinajstić information content (AvgIpc) is 2.79. The van der Waals surface area contributed by atoms with Crippen LogP contribution in [0, 0.1) is 11.8 Å². The van der Waals surface area contributed by atoms with Crippen molar-refractivity contribution in [3.63, 3.8) is 0 Å². The highest BCUT2D eigenvalue weighted by atomic mass is 16.2. The van der Waals surface area contributed by atoms with Gasteiger partial charge in [0.25, 0.3) is 5.91 Å². The number of hydrogen-bond acceptors (Lipinski definition) is 2. The number of rotatable bonds is 3. The minimum absolute atomic E-state index is 0.0540. The lowest BCUT2D eigenvalue weighted by atomic mass is 9.78. The number of nitrogens with zero attached hydrogens (tertiary/aromatic N) is 1. The van der Waals surface area contributed by atoms with E-state index in [1.807, 2.05) is 30.3 Å². The largest absolute Gasteiger partial charge is 0.333 e. The van der Waals surface area contributed by atoms with Crippen LogP contribution in [-0.2, 0) is 9.59 Å². The predicted octanol–water partition coefficient (Wildman–Crippen LogP) is 1.71. The first-order valence-corrected chi connectivity index (χ1v) is 8.34. The first kappa shape index (κ1) is 15.2. The minimum atomic E-state index is -0.245. The molecule has 4 atom stereocenters. The molecule has 0 aromatic heterocycles. The van der Waals surface area contributed by atoms with Crippen LogP contribution < -0.4 is 10.2 Å². The first-order valence-electron chi connectivity index (χ1n) is 8.34. The third-order valence-corrected chi connectivity index (χ3v) is 5.45. The van der Waals surface area contributed by atoms with E-state index in [1.165, 1.54) is 17.7 Å². The van der Waals surface area contributed by atoms with Crippen molar-refractivity contribution < 1.29 is 14.9 Å². The van der Waals surface area contributed by atoms with Gasteiger partial charge in [-0.25, -0.2) is 4.90 Å². The van der Waals surface area contributed by atoms with Crippen LogP contribution in [-0.4, -0.2) is 23.9 Å². The van der Waals surface area contributed by atoms with Gasteiger partial charge >= 0.3 is 0 Å². The highest BCUT2D eigenvalue weighted by Gasteiger charge is 2.44. The Morgan fingerprint density at radius 2 is 1.82 bits per heavy atom. The second kappa shape index (κ2) is 6.21. The van der Waals surface area contributed by atoms with E-state index in [0.29, 0.717) is 30.0 Å². The van der Waals surface area contributed by atoms with Gasteiger partial charge in [0.05, 0.1) is 18.2 Å². The van der Waals surface area contributed by atoms with E-state index in [-0.39, 0.29) is 17.9 Å². The summed E-state index contributed by atoms with van der Waals surface area (Å²) < 4.78 is 0. The maximum absolute atomic E-state index is 12.7.